The van der Waals surface area contributed by atoms with Crippen LogP contribution < -0.4 is 4.74 Å². The van der Waals surface area contributed by atoms with Crippen LogP contribution in [0.4, 0.5) is 0 Å². The molecule has 1 aromatic heterocycles. The lowest BCUT2D eigenvalue weighted by Gasteiger charge is -2.30. The van der Waals surface area contributed by atoms with Crippen molar-refractivity contribution in [2.24, 2.45) is 5.92 Å². The van der Waals surface area contributed by atoms with Gasteiger partial charge in [0.25, 0.3) is 0 Å². The highest BCUT2D eigenvalue weighted by Gasteiger charge is 2.29. The zero-order valence-electron chi connectivity index (χ0n) is 10.4. The van der Waals surface area contributed by atoms with E-state index >= 15 is 0 Å². The summed E-state index contributed by atoms with van der Waals surface area (Å²) < 4.78 is 5.64. The first-order valence-corrected chi connectivity index (χ1v) is 6.27. The van der Waals surface area contributed by atoms with Crippen molar-refractivity contribution < 1.29 is 14.9 Å². The number of phenolic OH excluding ortho intramolecular Hbond substituents is 1. The van der Waals surface area contributed by atoms with Crippen LogP contribution in [-0.4, -0.2) is 21.8 Å². The van der Waals surface area contributed by atoms with E-state index in [0.29, 0.717) is 24.3 Å². The minimum Gasteiger partial charge on any atom is -0.508 e. The quantitative estimate of drug-likeness (QED) is 0.864. The number of benzene rings is 1. The van der Waals surface area contributed by atoms with E-state index in [4.69, 9.17) is 4.74 Å². The maximum Gasteiger partial charge on any atom is 0.125 e. The van der Waals surface area contributed by atoms with E-state index in [-0.39, 0.29) is 11.7 Å². The van der Waals surface area contributed by atoms with E-state index in [1.807, 2.05) is 12.1 Å². The fraction of sp³-hybridized carbons (Fsp3) is 0.267. The molecule has 0 radical (unpaired) electrons. The van der Waals surface area contributed by atoms with Crippen molar-refractivity contribution in [3.63, 3.8) is 0 Å². The minimum atomic E-state index is -0.629. The predicted octanol–water partition coefficient (Wildman–Crippen LogP) is 2.07. The fourth-order valence-corrected chi connectivity index (χ4v) is 2.43. The second-order valence-corrected chi connectivity index (χ2v) is 4.80. The molecule has 1 aromatic carbocycles. The lowest BCUT2D eigenvalue weighted by molar-refractivity contribution is 0.0505. The Labute approximate surface area is 111 Å². The summed E-state index contributed by atoms with van der Waals surface area (Å²) in [6.45, 7) is 0.466. The molecule has 3 rings (SSSR count). The molecule has 2 heterocycles. The smallest absolute Gasteiger partial charge is 0.125 e. The van der Waals surface area contributed by atoms with Gasteiger partial charge < -0.3 is 14.9 Å². The molecule has 0 aliphatic carbocycles. The van der Waals surface area contributed by atoms with Crippen molar-refractivity contribution in [2.45, 2.75) is 12.5 Å². The van der Waals surface area contributed by atoms with Gasteiger partial charge in [-0.2, -0.15) is 0 Å². The van der Waals surface area contributed by atoms with E-state index in [1.165, 1.54) is 0 Å². The molecule has 2 N–H and O–H groups in total. The summed E-state index contributed by atoms with van der Waals surface area (Å²) >= 11 is 0. The summed E-state index contributed by atoms with van der Waals surface area (Å²) in [4.78, 5) is 4.07. The Bertz CT molecular complexity index is 571. The molecule has 0 fully saturated rings. The third-order valence-electron chi connectivity index (χ3n) is 3.43. The minimum absolute atomic E-state index is 0.0292. The van der Waals surface area contributed by atoms with Crippen LogP contribution >= 0.6 is 0 Å². The van der Waals surface area contributed by atoms with Crippen molar-refractivity contribution in [1.29, 1.82) is 0 Å². The molecule has 4 nitrogen and oxygen atoms in total. The first kappa shape index (κ1) is 12.0. The topological polar surface area (TPSA) is 62.6 Å². The summed E-state index contributed by atoms with van der Waals surface area (Å²) in [5.41, 5.74) is 1.72. The number of fused-ring (bicyclic) bond motifs is 1. The Morgan fingerprint density at radius 1 is 1.32 bits per heavy atom. The molecular weight excluding hydrogens is 242 g/mol. The summed E-state index contributed by atoms with van der Waals surface area (Å²) in [6, 6.07) is 8.68. The molecule has 98 valence electrons. The van der Waals surface area contributed by atoms with Gasteiger partial charge >= 0.3 is 0 Å². The Balaban J connectivity index is 1.83. The van der Waals surface area contributed by atoms with Crippen LogP contribution in [0.3, 0.4) is 0 Å². The molecule has 0 amide bonds. The molecule has 0 saturated carbocycles. The maximum absolute atomic E-state index is 10.4. The van der Waals surface area contributed by atoms with E-state index in [9.17, 15) is 10.2 Å². The van der Waals surface area contributed by atoms with Crippen LogP contribution in [0, 0.1) is 5.92 Å². The van der Waals surface area contributed by atoms with Crippen LogP contribution in [0.15, 0.2) is 42.7 Å². The number of ether oxygens (including phenoxy) is 1. The third-order valence-corrected chi connectivity index (χ3v) is 3.43. The number of pyridine rings is 1. The SMILES string of the molecule is Oc1ccc2c(c1)[C@H](O)[C@@H](Cc1cccnc1)CO2. The average Bonchev–Trinajstić information content (AvgIpc) is 2.44. The van der Waals surface area contributed by atoms with Crippen LogP contribution in [0.2, 0.25) is 0 Å². The first-order valence-electron chi connectivity index (χ1n) is 6.27. The van der Waals surface area contributed by atoms with Crippen molar-refractivity contribution in [2.75, 3.05) is 6.61 Å². The average molecular weight is 257 g/mol. The molecule has 1 aliphatic heterocycles. The van der Waals surface area contributed by atoms with Crippen molar-refractivity contribution in [3.05, 3.63) is 53.9 Å². The number of aromatic hydroxyl groups is 1. The van der Waals surface area contributed by atoms with Crippen molar-refractivity contribution >= 4 is 0 Å². The van der Waals surface area contributed by atoms with E-state index < -0.39 is 6.10 Å². The van der Waals surface area contributed by atoms with Gasteiger partial charge in [-0.15, -0.1) is 0 Å². The van der Waals surface area contributed by atoms with Crippen LogP contribution in [0.25, 0.3) is 0 Å². The molecule has 2 aromatic rings. The molecule has 1 aliphatic rings. The molecule has 0 bridgehead atoms. The summed E-state index contributed by atoms with van der Waals surface area (Å²) in [5, 5.41) is 19.9. The Morgan fingerprint density at radius 3 is 3.00 bits per heavy atom. The Kier molecular flexibility index (Phi) is 3.09. The van der Waals surface area contributed by atoms with Gasteiger partial charge in [-0.05, 0) is 36.2 Å². The maximum atomic E-state index is 10.4. The number of aliphatic hydroxyl groups is 1. The number of hydrogen-bond donors (Lipinski definition) is 2. The lowest BCUT2D eigenvalue weighted by atomic mass is 9.88. The number of hydrogen-bond acceptors (Lipinski definition) is 4. The zero-order chi connectivity index (χ0) is 13.2. The number of rotatable bonds is 2. The van der Waals surface area contributed by atoms with E-state index in [2.05, 4.69) is 4.98 Å². The van der Waals surface area contributed by atoms with Gasteiger partial charge in [0.2, 0.25) is 0 Å². The molecule has 0 saturated heterocycles. The highest BCUT2D eigenvalue weighted by atomic mass is 16.5. The Morgan fingerprint density at radius 2 is 2.21 bits per heavy atom. The van der Waals surface area contributed by atoms with Crippen molar-refractivity contribution in [3.8, 4) is 11.5 Å². The van der Waals surface area contributed by atoms with Crippen LogP contribution in [0.1, 0.15) is 17.2 Å². The van der Waals surface area contributed by atoms with Gasteiger partial charge in [0.05, 0.1) is 12.7 Å². The fourth-order valence-electron chi connectivity index (χ4n) is 2.43. The van der Waals surface area contributed by atoms with Crippen LogP contribution in [0.5, 0.6) is 11.5 Å². The van der Waals surface area contributed by atoms with E-state index in [1.54, 1.807) is 30.6 Å². The summed E-state index contributed by atoms with van der Waals surface area (Å²) in [7, 11) is 0. The summed E-state index contributed by atoms with van der Waals surface area (Å²) in [5.74, 6) is 0.759. The predicted molar refractivity (Wildman–Crippen MR) is 70.0 cm³/mol. The molecular formula is C15H15NO3. The first-order chi connectivity index (χ1) is 9.24. The number of nitrogens with zero attached hydrogens (tertiary/aromatic N) is 1. The molecule has 0 unspecified atom stereocenters. The highest BCUT2D eigenvalue weighted by Crippen LogP contribution is 2.38. The number of aliphatic hydroxyl groups excluding tert-OH is 1. The van der Waals surface area contributed by atoms with Gasteiger partial charge in [0.15, 0.2) is 0 Å². The second-order valence-electron chi connectivity index (χ2n) is 4.80. The standard InChI is InChI=1S/C15H15NO3/c17-12-3-4-14-13(7-12)15(18)11(9-19-14)6-10-2-1-5-16-8-10/h1-5,7-8,11,15,17-18H,6,9H2/t11-,15+/m0/s1. The normalized spacial score (nSPS) is 21.5. The van der Waals surface area contributed by atoms with Crippen molar-refractivity contribution in [1.82, 2.24) is 4.98 Å². The second kappa shape index (κ2) is 4.90. The van der Waals surface area contributed by atoms with E-state index in [0.717, 1.165) is 5.56 Å². The summed E-state index contributed by atoms with van der Waals surface area (Å²) in [6.07, 6.45) is 3.59. The largest absolute Gasteiger partial charge is 0.508 e. The Hall–Kier alpha value is -2.07. The van der Waals surface area contributed by atoms with Gasteiger partial charge in [0.1, 0.15) is 11.5 Å². The van der Waals surface area contributed by atoms with Crippen LogP contribution in [-0.2, 0) is 6.42 Å². The lowest BCUT2D eigenvalue weighted by Crippen LogP contribution is -2.27. The van der Waals surface area contributed by atoms with Gasteiger partial charge in [-0.1, -0.05) is 6.07 Å². The number of aromatic nitrogens is 1. The third kappa shape index (κ3) is 2.39. The molecule has 4 heteroatoms. The number of phenols is 1. The van der Waals surface area contributed by atoms with Gasteiger partial charge in [-0.3, -0.25) is 4.98 Å². The van der Waals surface area contributed by atoms with Gasteiger partial charge in [0, 0.05) is 23.9 Å². The molecule has 0 spiro atoms. The molecule has 2 atom stereocenters. The monoisotopic (exact) mass is 257 g/mol. The zero-order valence-corrected chi connectivity index (χ0v) is 10.4. The van der Waals surface area contributed by atoms with Gasteiger partial charge in [-0.25, -0.2) is 0 Å². The molecule has 19 heavy (non-hydrogen) atoms. The highest BCUT2D eigenvalue weighted by molar-refractivity contribution is 5.42.